The smallest absolute Gasteiger partial charge is 0.314 e. The number of carbonyl (C=O) groups excluding carboxylic acids is 1. The second-order valence-corrected chi connectivity index (χ2v) is 10.1. The lowest BCUT2D eigenvalue weighted by molar-refractivity contribution is 0.192. The van der Waals surface area contributed by atoms with Gasteiger partial charge in [-0.2, -0.15) is 0 Å². The Balaban J connectivity index is 1.27. The summed E-state index contributed by atoms with van der Waals surface area (Å²) in [7, 11) is 3.97. The zero-order valence-corrected chi connectivity index (χ0v) is 21.9. The van der Waals surface area contributed by atoms with Crippen LogP contribution in [0.1, 0.15) is 24.4 Å². The highest BCUT2D eigenvalue weighted by Gasteiger charge is 2.32. The summed E-state index contributed by atoms with van der Waals surface area (Å²) < 4.78 is 8.28. The van der Waals surface area contributed by atoms with Crippen LogP contribution in [-0.4, -0.2) is 59.2 Å². The number of aromatic nitrogens is 3. The number of nitrogens with one attached hydrogen (secondary N) is 2. The first kappa shape index (κ1) is 25.5. The molecule has 2 aromatic heterocycles. The summed E-state index contributed by atoms with van der Waals surface area (Å²) >= 11 is 0. The Kier molecular flexibility index (Phi) is 7.74. The van der Waals surface area contributed by atoms with Crippen LogP contribution in [0.4, 0.5) is 10.6 Å². The summed E-state index contributed by atoms with van der Waals surface area (Å²) in [5.41, 5.74) is 10.3. The van der Waals surface area contributed by atoms with E-state index in [1.54, 1.807) is 0 Å². The molecule has 1 fully saturated rings. The van der Waals surface area contributed by atoms with Crippen molar-refractivity contribution in [2.24, 2.45) is 5.92 Å². The summed E-state index contributed by atoms with van der Waals surface area (Å²) in [4.78, 5) is 23.0. The maximum Gasteiger partial charge on any atom is 0.314 e. The number of ether oxygens (including phenoxy) is 1. The Hall–Kier alpha value is -4.11. The molecule has 9 heteroatoms. The van der Waals surface area contributed by atoms with Crippen LogP contribution in [0.5, 0.6) is 5.75 Å². The maximum atomic E-state index is 12.1. The Morgan fingerprint density at radius 1 is 1.11 bits per heavy atom. The summed E-state index contributed by atoms with van der Waals surface area (Å²) in [5, 5.41) is 6.75. The molecular weight excluding hydrogens is 478 g/mol. The van der Waals surface area contributed by atoms with E-state index in [2.05, 4.69) is 49.6 Å². The quantitative estimate of drug-likeness (QED) is 0.295. The number of amides is 2. The Morgan fingerprint density at radius 2 is 1.92 bits per heavy atom. The number of hydrogen-bond donors (Lipinski definition) is 3. The Labute approximate surface area is 223 Å². The molecule has 0 bridgehead atoms. The molecule has 2 heterocycles. The highest BCUT2D eigenvalue weighted by molar-refractivity contribution is 6.00. The van der Waals surface area contributed by atoms with Crippen molar-refractivity contribution in [3.8, 4) is 16.9 Å². The van der Waals surface area contributed by atoms with Gasteiger partial charge < -0.3 is 30.6 Å². The molecule has 1 aliphatic rings. The van der Waals surface area contributed by atoms with Crippen molar-refractivity contribution in [2.75, 3.05) is 39.5 Å². The molecule has 1 saturated carbocycles. The minimum atomic E-state index is -0.112. The number of nitrogen functional groups attached to an aromatic ring is 1. The first-order chi connectivity index (χ1) is 18.5. The Bertz CT molecular complexity index is 1380. The molecule has 4 aromatic rings. The van der Waals surface area contributed by atoms with Gasteiger partial charge in [-0.1, -0.05) is 42.5 Å². The number of nitrogens with zero attached hydrogens (tertiary/aromatic N) is 4. The zero-order valence-electron chi connectivity index (χ0n) is 21.9. The summed E-state index contributed by atoms with van der Waals surface area (Å²) in [6.07, 6.45) is 5.58. The number of carbonyl (C=O) groups is 1. The summed E-state index contributed by atoms with van der Waals surface area (Å²) in [6.45, 7) is 2.61. The van der Waals surface area contributed by atoms with Crippen LogP contribution in [0, 0.1) is 5.92 Å². The molecule has 0 spiro atoms. The molecule has 38 heavy (non-hydrogen) atoms. The number of anilines is 1. The average molecular weight is 514 g/mol. The van der Waals surface area contributed by atoms with E-state index in [1.165, 1.54) is 6.33 Å². The fraction of sp³-hybridized carbons (Fsp3) is 0.345. The lowest BCUT2D eigenvalue weighted by Crippen LogP contribution is -2.43. The van der Waals surface area contributed by atoms with Gasteiger partial charge in [0, 0.05) is 37.4 Å². The summed E-state index contributed by atoms with van der Waals surface area (Å²) in [5.74, 6) is 1.68. The largest absolute Gasteiger partial charge is 0.489 e. The van der Waals surface area contributed by atoms with E-state index < -0.39 is 0 Å². The SMILES string of the molecule is CN(C)CCNC(=O)NC[C@H]1C[C@H](n2cc(-c3cccc(OCc4ccccc4)c3)c3c(N)ncnc32)C1. The highest BCUT2D eigenvalue weighted by atomic mass is 16.5. The highest BCUT2D eigenvalue weighted by Crippen LogP contribution is 2.42. The molecule has 0 radical (unpaired) electrons. The molecule has 0 unspecified atom stereocenters. The molecule has 198 valence electrons. The van der Waals surface area contributed by atoms with Gasteiger partial charge in [0.2, 0.25) is 0 Å². The first-order valence-corrected chi connectivity index (χ1v) is 13.0. The minimum absolute atomic E-state index is 0.112. The van der Waals surface area contributed by atoms with Crippen LogP contribution >= 0.6 is 0 Å². The van der Waals surface area contributed by atoms with Crippen molar-refractivity contribution >= 4 is 22.9 Å². The monoisotopic (exact) mass is 513 g/mol. The second-order valence-electron chi connectivity index (χ2n) is 10.1. The van der Waals surface area contributed by atoms with Crippen molar-refractivity contribution in [3.63, 3.8) is 0 Å². The van der Waals surface area contributed by atoms with Crippen LogP contribution < -0.4 is 21.1 Å². The number of likely N-dealkylation sites (N-methyl/N-ethyl adjacent to an activating group) is 1. The van der Waals surface area contributed by atoms with Crippen molar-refractivity contribution in [2.45, 2.75) is 25.5 Å². The fourth-order valence-corrected chi connectivity index (χ4v) is 4.89. The van der Waals surface area contributed by atoms with Crippen molar-refractivity contribution in [1.29, 1.82) is 0 Å². The minimum Gasteiger partial charge on any atom is -0.489 e. The average Bonchev–Trinajstić information content (AvgIpc) is 3.28. The third kappa shape index (κ3) is 5.89. The first-order valence-electron chi connectivity index (χ1n) is 13.0. The van der Waals surface area contributed by atoms with E-state index in [9.17, 15) is 4.79 Å². The van der Waals surface area contributed by atoms with Gasteiger partial charge >= 0.3 is 6.03 Å². The molecule has 2 aromatic carbocycles. The van der Waals surface area contributed by atoms with Crippen molar-refractivity contribution in [1.82, 2.24) is 30.1 Å². The van der Waals surface area contributed by atoms with Crippen LogP contribution in [-0.2, 0) is 6.61 Å². The van der Waals surface area contributed by atoms with Crippen LogP contribution in [0.25, 0.3) is 22.2 Å². The predicted octanol–water partition coefficient (Wildman–Crippen LogP) is 4.07. The standard InChI is InChI=1S/C29H35N7O2/c1-35(2)12-11-31-29(37)32-16-21-13-23(14-21)36-17-25(26-27(30)33-19-34-28(26)36)22-9-6-10-24(15-22)38-18-20-7-4-3-5-8-20/h3-10,15,17,19,21,23H,11-14,16,18H2,1-2H3,(H2,30,33,34)(H2,31,32,37)/t21-,23-. The van der Waals surface area contributed by atoms with Crippen LogP contribution in [0.2, 0.25) is 0 Å². The summed E-state index contributed by atoms with van der Waals surface area (Å²) in [6, 6.07) is 18.4. The molecule has 0 aliphatic heterocycles. The molecule has 0 saturated heterocycles. The molecular formula is C29H35N7O2. The Morgan fingerprint density at radius 3 is 2.71 bits per heavy atom. The molecule has 4 N–H and O–H groups in total. The predicted molar refractivity (Wildman–Crippen MR) is 150 cm³/mol. The normalized spacial score (nSPS) is 16.8. The zero-order chi connectivity index (χ0) is 26.5. The maximum absolute atomic E-state index is 12.1. The van der Waals surface area contributed by atoms with Gasteiger partial charge in [0.1, 0.15) is 30.1 Å². The van der Waals surface area contributed by atoms with E-state index in [4.69, 9.17) is 10.5 Å². The number of fused-ring (bicyclic) bond motifs is 1. The number of urea groups is 1. The number of rotatable bonds is 10. The topological polar surface area (TPSA) is 110 Å². The number of hydrogen-bond acceptors (Lipinski definition) is 6. The van der Waals surface area contributed by atoms with Crippen LogP contribution in [0.3, 0.4) is 0 Å². The van der Waals surface area contributed by atoms with Gasteiger partial charge in [-0.15, -0.1) is 0 Å². The van der Waals surface area contributed by atoms with E-state index >= 15 is 0 Å². The molecule has 5 rings (SSSR count). The van der Waals surface area contributed by atoms with Crippen molar-refractivity contribution in [3.05, 3.63) is 72.7 Å². The lowest BCUT2D eigenvalue weighted by Gasteiger charge is -2.36. The van der Waals surface area contributed by atoms with Gasteiger partial charge in [0.15, 0.2) is 0 Å². The number of benzene rings is 2. The third-order valence-electron chi connectivity index (χ3n) is 7.03. The van der Waals surface area contributed by atoms with E-state index in [0.29, 0.717) is 37.5 Å². The molecule has 0 atom stereocenters. The van der Waals surface area contributed by atoms with Crippen molar-refractivity contribution < 1.29 is 9.53 Å². The van der Waals surface area contributed by atoms with E-state index in [-0.39, 0.29) is 6.03 Å². The molecule has 1 aliphatic carbocycles. The van der Waals surface area contributed by atoms with Gasteiger partial charge in [-0.05, 0) is 56.1 Å². The van der Waals surface area contributed by atoms with E-state index in [1.807, 2.05) is 55.4 Å². The van der Waals surface area contributed by atoms with Gasteiger partial charge in [-0.3, -0.25) is 0 Å². The second kappa shape index (κ2) is 11.5. The van der Waals surface area contributed by atoms with Gasteiger partial charge in [0.05, 0.1) is 5.39 Å². The molecule has 9 nitrogen and oxygen atoms in total. The fourth-order valence-electron chi connectivity index (χ4n) is 4.89. The van der Waals surface area contributed by atoms with Crippen LogP contribution in [0.15, 0.2) is 67.1 Å². The van der Waals surface area contributed by atoms with Gasteiger partial charge in [0.25, 0.3) is 0 Å². The number of nitrogens with two attached hydrogens (primary N) is 1. The van der Waals surface area contributed by atoms with E-state index in [0.717, 1.165) is 52.9 Å². The van der Waals surface area contributed by atoms with Gasteiger partial charge in [-0.25, -0.2) is 14.8 Å². The molecule has 2 amide bonds. The lowest BCUT2D eigenvalue weighted by atomic mass is 9.80. The third-order valence-corrected chi connectivity index (χ3v) is 7.03.